The zero-order chi connectivity index (χ0) is 16.2. The fourth-order valence-electron chi connectivity index (χ4n) is 1.92. The summed E-state index contributed by atoms with van der Waals surface area (Å²) in [6.45, 7) is 6.03. The Balaban J connectivity index is 1.98. The van der Waals surface area contributed by atoms with Gasteiger partial charge in [-0.05, 0) is 51.1 Å². The zero-order valence-corrected chi connectivity index (χ0v) is 13.1. The van der Waals surface area contributed by atoms with Gasteiger partial charge in [0.25, 0.3) is 0 Å². The van der Waals surface area contributed by atoms with Crippen LogP contribution in [0.25, 0.3) is 0 Å². The lowest BCUT2D eigenvalue weighted by Crippen LogP contribution is -2.23. The molecule has 0 aromatic heterocycles. The first kappa shape index (κ1) is 15.9. The summed E-state index contributed by atoms with van der Waals surface area (Å²) >= 11 is 0. The van der Waals surface area contributed by atoms with Crippen molar-refractivity contribution in [1.82, 2.24) is 0 Å². The van der Waals surface area contributed by atoms with Crippen molar-refractivity contribution in [2.45, 2.75) is 32.9 Å². The summed E-state index contributed by atoms with van der Waals surface area (Å²) in [6, 6.07) is 14.3. The highest BCUT2D eigenvalue weighted by atomic mass is 16.6. The Morgan fingerprint density at radius 1 is 1.09 bits per heavy atom. The third kappa shape index (κ3) is 4.52. The fourth-order valence-corrected chi connectivity index (χ4v) is 1.92. The molecule has 4 nitrogen and oxygen atoms in total. The third-order valence-electron chi connectivity index (χ3n) is 2.99. The van der Waals surface area contributed by atoms with E-state index >= 15 is 0 Å². The molecular formula is C18H21NO3. The van der Waals surface area contributed by atoms with Crippen LogP contribution in [0.3, 0.4) is 0 Å². The normalized spacial score (nSPS) is 11.0. The van der Waals surface area contributed by atoms with Crippen LogP contribution < -0.4 is 5.32 Å². The van der Waals surface area contributed by atoms with E-state index < -0.39 is 5.60 Å². The van der Waals surface area contributed by atoms with E-state index in [9.17, 15) is 9.90 Å². The number of phenols is 1. The highest BCUT2D eigenvalue weighted by Gasteiger charge is 2.17. The number of nitrogens with one attached hydrogen (secondary N) is 1. The van der Waals surface area contributed by atoms with Gasteiger partial charge in [-0.2, -0.15) is 0 Å². The van der Waals surface area contributed by atoms with Gasteiger partial charge in [-0.15, -0.1) is 0 Å². The average Bonchev–Trinajstić information content (AvgIpc) is 2.45. The van der Waals surface area contributed by atoms with Gasteiger partial charge in [0.1, 0.15) is 11.4 Å². The average molecular weight is 299 g/mol. The van der Waals surface area contributed by atoms with Gasteiger partial charge >= 0.3 is 5.97 Å². The maximum Gasteiger partial charge on any atom is 0.338 e. The number of hydrogen-bond acceptors (Lipinski definition) is 4. The van der Waals surface area contributed by atoms with E-state index in [1.165, 1.54) is 0 Å². The Morgan fingerprint density at radius 2 is 1.73 bits per heavy atom. The minimum absolute atomic E-state index is 0.264. The summed E-state index contributed by atoms with van der Waals surface area (Å²) in [7, 11) is 0. The number of benzene rings is 2. The quantitative estimate of drug-likeness (QED) is 0.839. The maximum atomic E-state index is 11.9. The van der Waals surface area contributed by atoms with Gasteiger partial charge in [0, 0.05) is 17.8 Å². The van der Waals surface area contributed by atoms with Gasteiger partial charge in [0.2, 0.25) is 0 Å². The Labute approximate surface area is 130 Å². The van der Waals surface area contributed by atoms with Crippen molar-refractivity contribution in [3.63, 3.8) is 0 Å². The van der Waals surface area contributed by atoms with E-state index in [2.05, 4.69) is 5.32 Å². The summed E-state index contributed by atoms with van der Waals surface area (Å²) < 4.78 is 5.32. The summed E-state index contributed by atoms with van der Waals surface area (Å²) in [5.74, 6) is -0.0693. The number of anilines is 1. The van der Waals surface area contributed by atoms with Crippen molar-refractivity contribution in [2.24, 2.45) is 0 Å². The second-order valence-corrected chi connectivity index (χ2v) is 6.06. The van der Waals surface area contributed by atoms with Crippen molar-refractivity contribution < 1.29 is 14.6 Å². The van der Waals surface area contributed by atoms with Crippen LogP contribution in [0, 0.1) is 0 Å². The van der Waals surface area contributed by atoms with Crippen molar-refractivity contribution in [2.75, 3.05) is 5.32 Å². The molecule has 0 spiro atoms. The summed E-state index contributed by atoms with van der Waals surface area (Å²) in [5.41, 5.74) is 1.70. The SMILES string of the molecule is CC(C)(C)OC(=O)c1ccc(NCc2ccccc2O)cc1. The molecule has 116 valence electrons. The smallest absolute Gasteiger partial charge is 0.338 e. The zero-order valence-electron chi connectivity index (χ0n) is 13.1. The Kier molecular flexibility index (Phi) is 4.71. The first-order valence-electron chi connectivity index (χ1n) is 7.19. The maximum absolute atomic E-state index is 11.9. The predicted molar refractivity (Wildman–Crippen MR) is 87.0 cm³/mol. The van der Waals surface area contributed by atoms with Gasteiger partial charge in [0.05, 0.1) is 5.56 Å². The number of rotatable bonds is 4. The van der Waals surface area contributed by atoms with Gasteiger partial charge in [0.15, 0.2) is 0 Å². The molecule has 2 aromatic rings. The van der Waals surface area contributed by atoms with Gasteiger partial charge in [-0.1, -0.05) is 18.2 Å². The summed E-state index contributed by atoms with van der Waals surface area (Å²) in [6.07, 6.45) is 0. The van der Waals surface area contributed by atoms with Gasteiger partial charge < -0.3 is 15.2 Å². The van der Waals surface area contributed by atoms with Crippen molar-refractivity contribution in [3.8, 4) is 5.75 Å². The van der Waals surface area contributed by atoms with E-state index in [1.807, 2.05) is 45.0 Å². The van der Waals surface area contributed by atoms with Crippen LogP contribution >= 0.6 is 0 Å². The molecule has 2 N–H and O–H groups in total. The molecular weight excluding hydrogens is 278 g/mol. The second kappa shape index (κ2) is 6.52. The molecule has 0 heterocycles. The number of ether oxygens (including phenoxy) is 1. The van der Waals surface area contributed by atoms with Crippen molar-refractivity contribution in [1.29, 1.82) is 0 Å². The summed E-state index contributed by atoms with van der Waals surface area (Å²) in [5, 5.41) is 12.9. The molecule has 2 rings (SSSR count). The van der Waals surface area contributed by atoms with Crippen LogP contribution in [0.15, 0.2) is 48.5 Å². The first-order valence-corrected chi connectivity index (χ1v) is 7.19. The topological polar surface area (TPSA) is 58.6 Å². The molecule has 0 radical (unpaired) electrons. The highest BCUT2D eigenvalue weighted by Crippen LogP contribution is 2.19. The molecule has 0 saturated carbocycles. The van der Waals surface area contributed by atoms with Crippen LogP contribution in [-0.4, -0.2) is 16.7 Å². The van der Waals surface area contributed by atoms with Crippen LogP contribution in [0.2, 0.25) is 0 Å². The van der Waals surface area contributed by atoms with Crippen LogP contribution in [0.4, 0.5) is 5.69 Å². The Bertz CT molecular complexity index is 642. The van der Waals surface area contributed by atoms with E-state index in [0.29, 0.717) is 12.1 Å². The van der Waals surface area contributed by atoms with Crippen molar-refractivity contribution in [3.05, 3.63) is 59.7 Å². The lowest BCUT2D eigenvalue weighted by atomic mass is 10.1. The number of phenolic OH excluding ortho intramolecular Hbond substituents is 1. The largest absolute Gasteiger partial charge is 0.508 e. The van der Waals surface area contributed by atoms with E-state index in [-0.39, 0.29) is 11.7 Å². The van der Waals surface area contributed by atoms with E-state index in [1.54, 1.807) is 24.3 Å². The molecule has 2 aromatic carbocycles. The number of esters is 1. The molecule has 0 bridgehead atoms. The highest BCUT2D eigenvalue weighted by molar-refractivity contribution is 5.90. The molecule has 0 aliphatic rings. The molecule has 0 atom stereocenters. The number of carbonyl (C=O) groups is 1. The van der Waals surface area contributed by atoms with Crippen LogP contribution in [-0.2, 0) is 11.3 Å². The number of hydrogen-bond donors (Lipinski definition) is 2. The molecule has 22 heavy (non-hydrogen) atoms. The van der Waals surface area contributed by atoms with E-state index in [0.717, 1.165) is 11.3 Å². The minimum atomic E-state index is -0.501. The number of aromatic hydroxyl groups is 1. The third-order valence-corrected chi connectivity index (χ3v) is 2.99. The minimum Gasteiger partial charge on any atom is -0.508 e. The molecule has 4 heteroatoms. The fraction of sp³-hybridized carbons (Fsp3) is 0.278. The number of para-hydroxylation sites is 1. The molecule has 0 amide bonds. The number of carbonyl (C=O) groups excluding carboxylic acids is 1. The second-order valence-electron chi connectivity index (χ2n) is 6.06. The standard InChI is InChI=1S/C18H21NO3/c1-18(2,3)22-17(21)13-8-10-15(11-9-13)19-12-14-6-4-5-7-16(14)20/h4-11,19-20H,12H2,1-3H3. The lowest BCUT2D eigenvalue weighted by Gasteiger charge is -2.19. The van der Waals surface area contributed by atoms with Gasteiger partial charge in [-0.3, -0.25) is 0 Å². The molecule has 0 aliphatic carbocycles. The monoisotopic (exact) mass is 299 g/mol. The predicted octanol–water partition coefficient (Wildman–Crippen LogP) is 3.96. The van der Waals surface area contributed by atoms with Crippen LogP contribution in [0.5, 0.6) is 5.75 Å². The molecule has 0 saturated heterocycles. The van der Waals surface area contributed by atoms with Crippen LogP contribution in [0.1, 0.15) is 36.7 Å². The lowest BCUT2D eigenvalue weighted by molar-refractivity contribution is 0.00696. The first-order chi connectivity index (χ1) is 10.3. The Hall–Kier alpha value is -2.49. The molecule has 0 aliphatic heterocycles. The van der Waals surface area contributed by atoms with Crippen molar-refractivity contribution >= 4 is 11.7 Å². The Morgan fingerprint density at radius 3 is 2.32 bits per heavy atom. The summed E-state index contributed by atoms with van der Waals surface area (Å²) in [4.78, 5) is 11.9. The van der Waals surface area contributed by atoms with Gasteiger partial charge in [-0.25, -0.2) is 4.79 Å². The molecule has 0 unspecified atom stereocenters. The van der Waals surface area contributed by atoms with E-state index in [4.69, 9.17) is 4.74 Å². The molecule has 0 fully saturated rings.